The first-order valence-corrected chi connectivity index (χ1v) is 11.2. The molecule has 168 valence electrons. The van der Waals surface area contributed by atoms with Gasteiger partial charge in [0.05, 0.1) is 18.8 Å². The van der Waals surface area contributed by atoms with E-state index in [9.17, 15) is 10.2 Å². The van der Waals surface area contributed by atoms with Crippen molar-refractivity contribution in [3.8, 4) is 5.75 Å². The molecule has 6 nitrogen and oxygen atoms in total. The Morgan fingerprint density at radius 3 is 2.35 bits per heavy atom. The number of hydrogen-bond acceptors (Lipinski definition) is 6. The van der Waals surface area contributed by atoms with Crippen LogP contribution in [-0.2, 0) is 4.74 Å². The molecule has 31 heavy (non-hydrogen) atoms. The molecule has 4 rings (SSSR count). The zero-order valence-corrected chi connectivity index (χ0v) is 18.4. The summed E-state index contributed by atoms with van der Waals surface area (Å²) in [5.74, 6) is 0.730. The molecule has 0 spiro atoms. The molecule has 0 bridgehead atoms. The van der Waals surface area contributed by atoms with Crippen molar-refractivity contribution in [2.24, 2.45) is 0 Å². The highest BCUT2D eigenvalue weighted by Crippen LogP contribution is 2.28. The van der Waals surface area contributed by atoms with Gasteiger partial charge in [0.15, 0.2) is 0 Å². The summed E-state index contributed by atoms with van der Waals surface area (Å²) in [5, 5.41) is 22.4. The number of hydrogen-bond donors (Lipinski definition) is 2. The summed E-state index contributed by atoms with van der Waals surface area (Å²) in [6.07, 6.45) is 1.41. The molecule has 0 aliphatic carbocycles. The van der Waals surface area contributed by atoms with E-state index < -0.39 is 11.2 Å². The first kappa shape index (κ1) is 22.1. The van der Waals surface area contributed by atoms with Gasteiger partial charge in [-0.05, 0) is 44.0 Å². The minimum atomic E-state index is -1.11. The van der Waals surface area contributed by atoms with Gasteiger partial charge in [0.1, 0.15) is 18.0 Å². The summed E-state index contributed by atoms with van der Waals surface area (Å²) in [5.41, 5.74) is 0.602. The van der Waals surface area contributed by atoms with E-state index in [0.29, 0.717) is 39.1 Å². The molecule has 6 heteroatoms. The van der Waals surface area contributed by atoms with Gasteiger partial charge in [-0.1, -0.05) is 35.9 Å². The molecule has 0 aromatic heterocycles. The lowest BCUT2D eigenvalue weighted by Gasteiger charge is -2.42. The number of benzene rings is 2. The standard InChI is InChI=1S/C25H34N2O4/c1-21-7-9-22(10-8-21)27-13-11-24(28,12-14-27)17-26-15-16-30-19-25(29,18-26)20-31-23-5-3-2-4-6-23/h2-10,28-29H,11-20H2,1H3. The van der Waals surface area contributed by atoms with Crippen molar-refractivity contribution in [2.75, 3.05) is 57.4 Å². The molecule has 2 aromatic carbocycles. The van der Waals surface area contributed by atoms with Crippen LogP contribution < -0.4 is 9.64 Å². The Labute approximate surface area is 185 Å². The van der Waals surface area contributed by atoms with E-state index in [2.05, 4.69) is 41.0 Å². The molecular weight excluding hydrogens is 392 g/mol. The maximum absolute atomic E-state index is 11.3. The number of anilines is 1. The lowest BCUT2D eigenvalue weighted by molar-refractivity contribution is -0.0742. The van der Waals surface area contributed by atoms with Gasteiger partial charge in [-0.25, -0.2) is 0 Å². The van der Waals surface area contributed by atoms with Crippen LogP contribution in [0.3, 0.4) is 0 Å². The van der Waals surface area contributed by atoms with Crippen LogP contribution in [0.2, 0.25) is 0 Å². The number of rotatable bonds is 6. The molecule has 2 fully saturated rings. The number of β-amino-alcohol motifs (C(OH)–C–C–N with tert-alkyl or cyclic N) is 2. The third kappa shape index (κ3) is 5.98. The fourth-order valence-corrected chi connectivity index (χ4v) is 4.46. The molecule has 2 aromatic rings. The number of para-hydroxylation sites is 1. The second-order valence-corrected chi connectivity index (χ2v) is 9.14. The maximum Gasteiger partial charge on any atom is 0.134 e. The van der Waals surface area contributed by atoms with Gasteiger partial charge in [-0.15, -0.1) is 0 Å². The van der Waals surface area contributed by atoms with Gasteiger partial charge < -0.3 is 24.6 Å². The number of nitrogens with zero attached hydrogens (tertiary/aromatic N) is 2. The molecule has 1 atom stereocenters. The Hall–Kier alpha value is -2.12. The summed E-state index contributed by atoms with van der Waals surface area (Å²) in [4.78, 5) is 4.46. The largest absolute Gasteiger partial charge is 0.490 e. The van der Waals surface area contributed by atoms with E-state index >= 15 is 0 Å². The Morgan fingerprint density at radius 1 is 0.935 bits per heavy atom. The van der Waals surface area contributed by atoms with Crippen LogP contribution in [0.4, 0.5) is 5.69 Å². The molecular formula is C25H34N2O4. The Morgan fingerprint density at radius 2 is 1.65 bits per heavy atom. The van der Waals surface area contributed by atoms with Crippen molar-refractivity contribution in [3.05, 3.63) is 60.2 Å². The van der Waals surface area contributed by atoms with Crippen LogP contribution in [0.15, 0.2) is 54.6 Å². The van der Waals surface area contributed by atoms with E-state index in [-0.39, 0.29) is 13.2 Å². The zero-order valence-electron chi connectivity index (χ0n) is 18.4. The highest BCUT2D eigenvalue weighted by molar-refractivity contribution is 5.48. The molecule has 0 saturated carbocycles. The zero-order chi connectivity index (χ0) is 21.7. The summed E-state index contributed by atoms with van der Waals surface area (Å²) in [6, 6.07) is 18.1. The maximum atomic E-state index is 11.3. The smallest absolute Gasteiger partial charge is 0.134 e. The summed E-state index contributed by atoms with van der Waals surface area (Å²) < 4.78 is 11.5. The van der Waals surface area contributed by atoms with Crippen LogP contribution in [0.25, 0.3) is 0 Å². The Balaban J connectivity index is 1.32. The molecule has 0 amide bonds. The van der Waals surface area contributed by atoms with E-state index in [1.807, 2.05) is 30.3 Å². The SMILES string of the molecule is Cc1ccc(N2CCC(O)(CN3CCOCC(O)(COc4ccccc4)C3)CC2)cc1. The molecule has 2 saturated heterocycles. The fourth-order valence-electron chi connectivity index (χ4n) is 4.46. The van der Waals surface area contributed by atoms with Crippen LogP contribution in [0.1, 0.15) is 18.4 Å². The Bertz CT molecular complexity index is 821. The molecule has 2 aliphatic heterocycles. The average Bonchev–Trinajstić information content (AvgIpc) is 2.95. The minimum absolute atomic E-state index is 0.160. The van der Waals surface area contributed by atoms with Crippen molar-refractivity contribution in [3.63, 3.8) is 0 Å². The summed E-state index contributed by atoms with van der Waals surface area (Å²) in [6.45, 7) is 6.32. The van der Waals surface area contributed by atoms with Crippen LogP contribution in [-0.4, -0.2) is 78.9 Å². The van der Waals surface area contributed by atoms with Crippen molar-refractivity contribution in [1.82, 2.24) is 4.90 Å². The van der Waals surface area contributed by atoms with Gasteiger partial charge in [0, 0.05) is 38.4 Å². The van der Waals surface area contributed by atoms with E-state index in [1.54, 1.807) is 0 Å². The first-order chi connectivity index (χ1) is 14.9. The second-order valence-electron chi connectivity index (χ2n) is 9.14. The second kappa shape index (κ2) is 9.57. The third-order valence-electron chi connectivity index (χ3n) is 6.30. The van der Waals surface area contributed by atoms with E-state index in [0.717, 1.165) is 18.8 Å². The minimum Gasteiger partial charge on any atom is -0.490 e. The first-order valence-electron chi connectivity index (χ1n) is 11.2. The normalized spacial score (nSPS) is 24.5. The molecule has 2 aliphatic rings. The average molecular weight is 427 g/mol. The highest BCUT2D eigenvalue weighted by Gasteiger charge is 2.39. The summed E-state index contributed by atoms with van der Waals surface area (Å²) >= 11 is 0. The lowest BCUT2D eigenvalue weighted by Crippen LogP contribution is -2.55. The third-order valence-corrected chi connectivity index (χ3v) is 6.30. The molecule has 0 radical (unpaired) electrons. The van der Waals surface area contributed by atoms with Crippen LogP contribution >= 0.6 is 0 Å². The molecule has 2 N–H and O–H groups in total. The number of aryl methyl sites for hydroxylation is 1. The van der Waals surface area contributed by atoms with Crippen molar-refractivity contribution in [2.45, 2.75) is 31.0 Å². The van der Waals surface area contributed by atoms with Crippen molar-refractivity contribution in [1.29, 1.82) is 0 Å². The predicted octanol–water partition coefficient (Wildman–Crippen LogP) is 2.47. The van der Waals surface area contributed by atoms with Gasteiger partial charge in [0.25, 0.3) is 0 Å². The predicted molar refractivity (Wildman–Crippen MR) is 122 cm³/mol. The monoisotopic (exact) mass is 426 g/mol. The molecule has 2 heterocycles. The Kier molecular flexibility index (Phi) is 6.82. The topological polar surface area (TPSA) is 65.4 Å². The lowest BCUT2D eigenvalue weighted by atomic mass is 9.90. The molecule has 1 unspecified atom stereocenters. The van der Waals surface area contributed by atoms with Crippen LogP contribution in [0.5, 0.6) is 5.75 Å². The van der Waals surface area contributed by atoms with E-state index in [1.165, 1.54) is 11.3 Å². The van der Waals surface area contributed by atoms with Crippen LogP contribution in [0, 0.1) is 6.92 Å². The quantitative estimate of drug-likeness (QED) is 0.740. The van der Waals surface area contributed by atoms with Gasteiger partial charge in [-0.3, -0.25) is 4.90 Å². The van der Waals surface area contributed by atoms with Crippen molar-refractivity contribution < 1.29 is 19.7 Å². The number of piperidine rings is 1. The highest BCUT2D eigenvalue weighted by atomic mass is 16.5. The van der Waals surface area contributed by atoms with Gasteiger partial charge in [-0.2, -0.15) is 0 Å². The van der Waals surface area contributed by atoms with E-state index in [4.69, 9.17) is 9.47 Å². The van der Waals surface area contributed by atoms with Gasteiger partial charge >= 0.3 is 0 Å². The number of ether oxygens (including phenoxy) is 2. The number of aliphatic hydroxyl groups is 2. The van der Waals surface area contributed by atoms with Gasteiger partial charge in [0.2, 0.25) is 0 Å². The fraction of sp³-hybridized carbons (Fsp3) is 0.520. The summed E-state index contributed by atoms with van der Waals surface area (Å²) in [7, 11) is 0. The van der Waals surface area contributed by atoms with Crippen molar-refractivity contribution >= 4 is 5.69 Å².